The minimum atomic E-state index is -3.63. The van der Waals surface area contributed by atoms with Gasteiger partial charge >= 0.3 is 0 Å². The molecule has 146 valence electrons. The quantitative estimate of drug-likeness (QED) is 0.752. The summed E-state index contributed by atoms with van der Waals surface area (Å²) < 4.78 is 31.8. The van der Waals surface area contributed by atoms with Gasteiger partial charge < -0.3 is 10.1 Å². The monoisotopic (exact) mass is 390 g/mol. The molecule has 2 aromatic carbocycles. The number of rotatable bonds is 8. The van der Waals surface area contributed by atoms with Crippen LogP contribution in [0.2, 0.25) is 0 Å². The smallest absolute Gasteiger partial charge is 0.251 e. The van der Waals surface area contributed by atoms with Crippen LogP contribution in [0, 0.1) is 0 Å². The Labute approximate surface area is 161 Å². The van der Waals surface area contributed by atoms with E-state index in [0.29, 0.717) is 18.5 Å². The van der Waals surface area contributed by atoms with Gasteiger partial charge in [0.15, 0.2) is 0 Å². The maximum Gasteiger partial charge on any atom is 0.251 e. The summed E-state index contributed by atoms with van der Waals surface area (Å²) in [4.78, 5) is 12.5. The molecule has 2 aromatic rings. The third-order valence-electron chi connectivity index (χ3n) is 4.37. The molecule has 0 spiro atoms. The van der Waals surface area contributed by atoms with Gasteiger partial charge in [-0.15, -0.1) is 0 Å². The van der Waals surface area contributed by atoms with Crippen molar-refractivity contribution in [2.45, 2.75) is 31.2 Å². The van der Waals surface area contributed by atoms with Crippen LogP contribution in [0.15, 0.2) is 53.4 Å². The van der Waals surface area contributed by atoms with Gasteiger partial charge in [0.05, 0.1) is 12.0 Å². The first-order chi connectivity index (χ1) is 12.8. The summed E-state index contributed by atoms with van der Waals surface area (Å²) in [7, 11) is -0.494. The Kier molecular flexibility index (Phi) is 6.98. The van der Waals surface area contributed by atoms with Crippen LogP contribution in [0.25, 0.3) is 0 Å². The van der Waals surface area contributed by atoms with Gasteiger partial charge in [-0.3, -0.25) is 4.79 Å². The Morgan fingerprint density at radius 2 is 1.85 bits per heavy atom. The molecule has 0 aliphatic rings. The number of methoxy groups -OCH3 is 1. The molecule has 0 bridgehead atoms. The highest BCUT2D eigenvalue weighted by Crippen LogP contribution is 2.19. The summed E-state index contributed by atoms with van der Waals surface area (Å²) in [6.45, 7) is 4.01. The highest BCUT2D eigenvalue weighted by molar-refractivity contribution is 7.89. The van der Waals surface area contributed by atoms with Crippen molar-refractivity contribution in [1.29, 1.82) is 0 Å². The molecule has 7 heteroatoms. The third kappa shape index (κ3) is 5.08. The fraction of sp³-hybridized carbons (Fsp3) is 0.350. The summed E-state index contributed by atoms with van der Waals surface area (Å²) in [5.74, 6) is 0.464. The van der Waals surface area contributed by atoms with Crippen molar-refractivity contribution < 1.29 is 17.9 Å². The lowest BCUT2D eigenvalue weighted by Crippen LogP contribution is -2.33. The van der Waals surface area contributed by atoms with Crippen molar-refractivity contribution in [2.75, 3.05) is 20.7 Å². The summed E-state index contributed by atoms with van der Waals surface area (Å²) in [5, 5.41) is 2.83. The van der Waals surface area contributed by atoms with Crippen molar-refractivity contribution in [3.63, 3.8) is 0 Å². The summed E-state index contributed by atoms with van der Waals surface area (Å²) >= 11 is 0. The highest BCUT2D eigenvalue weighted by Gasteiger charge is 2.23. The number of hydrogen-bond donors (Lipinski definition) is 1. The number of ether oxygens (including phenoxy) is 1. The van der Waals surface area contributed by atoms with Crippen LogP contribution < -0.4 is 10.1 Å². The zero-order chi connectivity index (χ0) is 20.0. The number of hydrogen-bond acceptors (Lipinski definition) is 4. The lowest BCUT2D eigenvalue weighted by Gasteiger charge is -2.21. The maximum absolute atomic E-state index is 12.6. The first-order valence-corrected chi connectivity index (χ1v) is 10.2. The predicted molar refractivity (Wildman–Crippen MR) is 106 cm³/mol. The molecule has 1 N–H and O–H groups in total. The fourth-order valence-electron chi connectivity index (χ4n) is 2.56. The molecule has 0 heterocycles. The number of amides is 1. The molecule has 0 atom stereocenters. The van der Waals surface area contributed by atoms with E-state index in [0.717, 1.165) is 11.3 Å². The summed E-state index contributed by atoms with van der Waals surface area (Å²) in [6, 6.07) is 13.5. The van der Waals surface area contributed by atoms with Crippen molar-refractivity contribution >= 4 is 15.9 Å². The topological polar surface area (TPSA) is 75.7 Å². The van der Waals surface area contributed by atoms with Gasteiger partial charge in [0.25, 0.3) is 5.91 Å². The second-order valence-electron chi connectivity index (χ2n) is 6.46. The Morgan fingerprint density at radius 1 is 1.15 bits per heavy atom. The van der Waals surface area contributed by atoms with Gasteiger partial charge in [0.1, 0.15) is 5.75 Å². The molecule has 1 amide bonds. The van der Waals surface area contributed by atoms with Crippen LogP contribution in [0.3, 0.4) is 0 Å². The first-order valence-electron chi connectivity index (χ1n) is 8.75. The average Bonchev–Trinajstić information content (AvgIpc) is 2.67. The van der Waals surface area contributed by atoms with E-state index >= 15 is 0 Å². The second kappa shape index (κ2) is 9.01. The number of carbonyl (C=O) groups is 1. The third-order valence-corrected chi connectivity index (χ3v) is 6.40. The van der Waals surface area contributed by atoms with E-state index in [4.69, 9.17) is 4.74 Å². The Morgan fingerprint density at radius 3 is 2.52 bits per heavy atom. The second-order valence-corrected chi connectivity index (χ2v) is 8.46. The van der Waals surface area contributed by atoms with E-state index in [-0.39, 0.29) is 16.8 Å². The van der Waals surface area contributed by atoms with Crippen LogP contribution in [0.1, 0.15) is 29.8 Å². The van der Waals surface area contributed by atoms with Gasteiger partial charge in [0, 0.05) is 25.2 Å². The minimum Gasteiger partial charge on any atom is -0.496 e. The molecule has 0 aliphatic heterocycles. The number of nitrogens with one attached hydrogen (secondary N) is 1. The molecular formula is C20H26N2O4S. The van der Waals surface area contributed by atoms with Crippen molar-refractivity contribution in [1.82, 2.24) is 9.62 Å². The number of sulfonamides is 1. The van der Waals surface area contributed by atoms with Crippen LogP contribution >= 0.6 is 0 Å². The summed E-state index contributed by atoms with van der Waals surface area (Å²) in [6.07, 6.45) is 0.615. The van der Waals surface area contributed by atoms with Crippen LogP contribution in [-0.4, -0.2) is 45.4 Å². The van der Waals surface area contributed by atoms with E-state index in [1.807, 2.05) is 24.3 Å². The lowest BCUT2D eigenvalue weighted by molar-refractivity contribution is 0.0954. The summed E-state index contributed by atoms with van der Waals surface area (Å²) in [5.41, 5.74) is 1.31. The Balaban J connectivity index is 2.07. The van der Waals surface area contributed by atoms with Gasteiger partial charge in [-0.2, -0.15) is 4.31 Å². The van der Waals surface area contributed by atoms with Crippen LogP contribution in [0.5, 0.6) is 5.75 Å². The van der Waals surface area contributed by atoms with E-state index in [2.05, 4.69) is 5.32 Å². The molecule has 0 fully saturated rings. The molecule has 0 saturated carbocycles. The van der Waals surface area contributed by atoms with Gasteiger partial charge in [-0.05, 0) is 50.1 Å². The molecule has 2 rings (SSSR count). The molecule has 0 aromatic heterocycles. The van der Waals surface area contributed by atoms with E-state index in [9.17, 15) is 13.2 Å². The Bertz CT molecular complexity index is 894. The number of benzene rings is 2. The first kappa shape index (κ1) is 20.9. The molecule has 0 unspecified atom stereocenters. The van der Waals surface area contributed by atoms with Gasteiger partial charge in [0.2, 0.25) is 10.0 Å². The zero-order valence-electron chi connectivity index (χ0n) is 16.1. The number of carbonyl (C=O) groups excluding carboxylic acids is 1. The fourth-order valence-corrected chi connectivity index (χ4v) is 3.98. The molecule has 0 radical (unpaired) electrons. The standard InChI is InChI=1S/C20H26N2O4S/c1-15(2)22(3)27(24,25)18-10-7-9-17(14-18)20(23)21-13-12-16-8-5-6-11-19(16)26-4/h5-11,14-15H,12-13H2,1-4H3,(H,21,23). The molecule has 0 aliphatic carbocycles. The van der Waals surface area contributed by atoms with Crippen molar-refractivity contribution in [3.8, 4) is 5.75 Å². The SMILES string of the molecule is COc1ccccc1CCNC(=O)c1cccc(S(=O)(=O)N(C)C(C)C)c1. The lowest BCUT2D eigenvalue weighted by atomic mass is 10.1. The van der Waals surface area contributed by atoms with Crippen molar-refractivity contribution in [2.24, 2.45) is 0 Å². The van der Waals surface area contributed by atoms with Crippen LogP contribution in [0.4, 0.5) is 0 Å². The van der Waals surface area contributed by atoms with Gasteiger partial charge in [-0.25, -0.2) is 8.42 Å². The average molecular weight is 391 g/mol. The Hall–Kier alpha value is -2.38. The number of nitrogens with zero attached hydrogens (tertiary/aromatic N) is 1. The molecule has 6 nitrogen and oxygen atoms in total. The largest absolute Gasteiger partial charge is 0.496 e. The minimum absolute atomic E-state index is 0.107. The molecule has 27 heavy (non-hydrogen) atoms. The van der Waals surface area contributed by atoms with Crippen molar-refractivity contribution in [3.05, 3.63) is 59.7 Å². The highest BCUT2D eigenvalue weighted by atomic mass is 32.2. The molecular weight excluding hydrogens is 364 g/mol. The predicted octanol–water partition coefficient (Wildman–Crippen LogP) is 2.70. The van der Waals surface area contributed by atoms with E-state index < -0.39 is 10.0 Å². The van der Waals surface area contributed by atoms with E-state index in [1.54, 1.807) is 33.1 Å². The zero-order valence-corrected chi connectivity index (χ0v) is 16.9. The maximum atomic E-state index is 12.6. The van der Waals surface area contributed by atoms with Gasteiger partial charge in [-0.1, -0.05) is 24.3 Å². The van der Waals surface area contributed by atoms with E-state index in [1.165, 1.54) is 23.5 Å². The number of para-hydroxylation sites is 1. The van der Waals surface area contributed by atoms with Crippen LogP contribution in [-0.2, 0) is 16.4 Å². The normalized spacial score (nSPS) is 11.6. The molecule has 0 saturated heterocycles.